The van der Waals surface area contributed by atoms with Gasteiger partial charge in [-0.25, -0.2) is 13.2 Å². The van der Waals surface area contributed by atoms with Crippen LogP contribution >= 0.6 is 12.4 Å². The number of nitrogens with two attached hydrogens (primary N) is 1. The van der Waals surface area contributed by atoms with Crippen molar-refractivity contribution >= 4 is 12.4 Å². The molecule has 6 heteroatoms. The molecule has 1 aromatic carbocycles. The summed E-state index contributed by atoms with van der Waals surface area (Å²) in [6.07, 6.45) is 0.129. The zero-order valence-corrected chi connectivity index (χ0v) is 11.7. The Morgan fingerprint density at radius 3 is 2.11 bits per heavy atom. The molecule has 0 saturated heterocycles. The zero-order chi connectivity index (χ0) is 13.9. The highest BCUT2D eigenvalue weighted by atomic mass is 35.5. The van der Waals surface area contributed by atoms with Crippen molar-refractivity contribution in [3.63, 3.8) is 0 Å². The highest BCUT2D eigenvalue weighted by Crippen LogP contribution is 2.24. The topological polar surface area (TPSA) is 46.2 Å². The number of aliphatic hydroxyl groups excluding tert-OH is 1. The van der Waals surface area contributed by atoms with E-state index in [2.05, 4.69) is 0 Å². The van der Waals surface area contributed by atoms with Gasteiger partial charge in [0, 0.05) is 11.6 Å². The van der Waals surface area contributed by atoms with Gasteiger partial charge < -0.3 is 10.8 Å². The number of benzene rings is 1. The van der Waals surface area contributed by atoms with E-state index >= 15 is 0 Å². The molecule has 2 atom stereocenters. The molecular weight excluding hydrogens is 279 g/mol. The van der Waals surface area contributed by atoms with Crippen LogP contribution in [0, 0.1) is 23.4 Å². The largest absolute Gasteiger partial charge is 0.391 e. The van der Waals surface area contributed by atoms with Gasteiger partial charge in [0.2, 0.25) is 0 Å². The lowest BCUT2D eigenvalue weighted by atomic mass is 9.95. The van der Waals surface area contributed by atoms with Crippen LogP contribution in [0.5, 0.6) is 0 Å². The van der Waals surface area contributed by atoms with Gasteiger partial charge in [-0.2, -0.15) is 0 Å². The molecule has 0 fully saturated rings. The Hall–Kier alpha value is -0.780. The standard InChI is InChI=1S/C13H18F3NO.ClH/c1-7(2)3-4-12(18)13(17)8-5-10(15)11(16)6-9(8)14;/h5-7,12-13,18H,3-4,17H2,1-2H3;1H/t12-,13+;/m1./s1. The fourth-order valence-corrected chi connectivity index (χ4v) is 1.68. The summed E-state index contributed by atoms with van der Waals surface area (Å²) >= 11 is 0. The van der Waals surface area contributed by atoms with Crippen LogP contribution in [-0.2, 0) is 0 Å². The zero-order valence-electron chi connectivity index (χ0n) is 10.9. The van der Waals surface area contributed by atoms with Crippen LogP contribution in [0.15, 0.2) is 12.1 Å². The molecule has 0 radical (unpaired) electrons. The summed E-state index contributed by atoms with van der Waals surface area (Å²) in [7, 11) is 0. The van der Waals surface area contributed by atoms with Crippen molar-refractivity contribution in [2.45, 2.75) is 38.8 Å². The smallest absolute Gasteiger partial charge is 0.161 e. The molecule has 0 aliphatic rings. The highest BCUT2D eigenvalue weighted by molar-refractivity contribution is 5.85. The van der Waals surface area contributed by atoms with E-state index in [4.69, 9.17) is 5.73 Å². The molecule has 3 N–H and O–H groups in total. The van der Waals surface area contributed by atoms with E-state index in [9.17, 15) is 18.3 Å². The average molecular weight is 298 g/mol. The van der Waals surface area contributed by atoms with Crippen LogP contribution in [0.25, 0.3) is 0 Å². The van der Waals surface area contributed by atoms with Crippen molar-refractivity contribution in [1.29, 1.82) is 0 Å². The summed E-state index contributed by atoms with van der Waals surface area (Å²) in [6.45, 7) is 3.97. The van der Waals surface area contributed by atoms with E-state index in [1.807, 2.05) is 13.8 Å². The lowest BCUT2D eigenvalue weighted by molar-refractivity contribution is 0.126. The Bertz CT molecular complexity index is 415. The summed E-state index contributed by atoms with van der Waals surface area (Å²) in [5.41, 5.74) is 5.46. The van der Waals surface area contributed by atoms with E-state index in [-0.39, 0.29) is 18.0 Å². The fourth-order valence-electron chi connectivity index (χ4n) is 1.68. The second kappa shape index (κ2) is 7.72. The number of hydrogen-bond donors (Lipinski definition) is 2. The van der Waals surface area contributed by atoms with Gasteiger partial charge in [-0.1, -0.05) is 13.8 Å². The normalized spacial score (nSPS) is 14.1. The molecule has 0 spiro atoms. The van der Waals surface area contributed by atoms with Gasteiger partial charge in [0.25, 0.3) is 0 Å². The Morgan fingerprint density at radius 1 is 1.05 bits per heavy atom. The fraction of sp³-hybridized carbons (Fsp3) is 0.538. The molecule has 0 aliphatic heterocycles. The first-order valence-electron chi connectivity index (χ1n) is 5.91. The first-order chi connectivity index (χ1) is 8.32. The number of hydrogen-bond acceptors (Lipinski definition) is 2. The van der Waals surface area contributed by atoms with E-state index < -0.39 is 29.6 Å². The third kappa shape index (κ3) is 5.01. The Balaban J connectivity index is 0.00000324. The van der Waals surface area contributed by atoms with Gasteiger partial charge in [0.1, 0.15) is 5.82 Å². The molecule has 110 valence electrons. The van der Waals surface area contributed by atoms with E-state index in [0.29, 0.717) is 24.5 Å². The minimum absolute atomic E-state index is 0. The second-order valence-electron chi connectivity index (χ2n) is 4.85. The van der Waals surface area contributed by atoms with Crippen molar-refractivity contribution in [2.24, 2.45) is 11.7 Å². The first-order valence-corrected chi connectivity index (χ1v) is 5.91. The molecule has 0 aliphatic carbocycles. The predicted octanol–water partition coefficient (Wildman–Crippen LogP) is 3.32. The lowest BCUT2D eigenvalue weighted by Crippen LogP contribution is -2.27. The number of aliphatic hydroxyl groups is 1. The minimum atomic E-state index is -1.26. The maximum Gasteiger partial charge on any atom is 0.161 e. The van der Waals surface area contributed by atoms with Crippen LogP contribution in [0.3, 0.4) is 0 Å². The van der Waals surface area contributed by atoms with Crippen molar-refractivity contribution in [3.05, 3.63) is 35.1 Å². The Morgan fingerprint density at radius 2 is 1.58 bits per heavy atom. The van der Waals surface area contributed by atoms with Gasteiger partial charge in [-0.05, 0) is 24.8 Å². The number of halogens is 4. The van der Waals surface area contributed by atoms with Gasteiger partial charge >= 0.3 is 0 Å². The van der Waals surface area contributed by atoms with Crippen molar-refractivity contribution < 1.29 is 18.3 Å². The summed E-state index contributed by atoms with van der Waals surface area (Å²) in [5, 5.41) is 9.80. The van der Waals surface area contributed by atoms with Crippen molar-refractivity contribution in [1.82, 2.24) is 0 Å². The summed E-state index contributed by atoms with van der Waals surface area (Å²) in [6, 6.07) is 0.0898. The quantitative estimate of drug-likeness (QED) is 0.819. The molecule has 0 heterocycles. The van der Waals surface area contributed by atoms with E-state index in [1.165, 1.54) is 0 Å². The molecule has 0 aromatic heterocycles. The maximum atomic E-state index is 13.4. The Kier molecular flexibility index (Phi) is 7.41. The van der Waals surface area contributed by atoms with Gasteiger partial charge in [0.15, 0.2) is 11.6 Å². The predicted molar refractivity (Wildman–Crippen MR) is 70.6 cm³/mol. The molecule has 0 amide bonds. The minimum Gasteiger partial charge on any atom is -0.391 e. The molecular formula is C13H19ClF3NO. The molecule has 1 rings (SSSR count). The number of rotatable bonds is 5. The molecule has 19 heavy (non-hydrogen) atoms. The van der Waals surface area contributed by atoms with Gasteiger partial charge in [-0.15, -0.1) is 12.4 Å². The van der Waals surface area contributed by atoms with Crippen LogP contribution < -0.4 is 5.73 Å². The van der Waals surface area contributed by atoms with Gasteiger partial charge in [0.05, 0.1) is 12.1 Å². The third-order valence-corrected chi connectivity index (χ3v) is 2.85. The van der Waals surface area contributed by atoms with E-state index in [0.717, 1.165) is 6.42 Å². The second-order valence-corrected chi connectivity index (χ2v) is 4.85. The van der Waals surface area contributed by atoms with Gasteiger partial charge in [-0.3, -0.25) is 0 Å². The van der Waals surface area contributed by atoms with E-state index in [1.54, 1.807) is 0 Å². The molecule has 0 unspecified atom stereocenters. The van der Waals surface area contributed by atoms with Crippen molar-refractivity contribution in [3.8, 4) is 0 Å². The lowest BCUT2D eigenvalue weighted by Gasteiger charge is -2.20. The summed E-state index contributed by atoms with van der Waals surface area (Å²) in [4.78, 5) is 0. The molecule has 0 saturated carbocycles. The third-order valence-electron chi connectivity index (χ3n) is 2.85. The maximum absolute atomic E-state index is 13.4. The SMILES string of the molecule is CC(C)CC[C@@H](O)[C@@H](N)c1cc(F)c(F)cc1F.Cl. The van der Waals surface area contributed by atoms with Crippen LogP contribution in [0.2, 0.25) is 0 Å². The summed E-state index contributed by atoms with van der Waals surface area (Å²) < 4.78 is 39.2. The van der Waals surface area contributed by atoms with Crippen LogP contribution in [-0.4, -0.2) is 11.2 Å². The highest BCUT2D eigenvalue weighted by Gasteiger charge is 2.22. The summed E-state index contributed by atoms with van der Waals surface area (Å²) in [5.74, 6) is -3.00. The van der Waals surface area contributed by atoms with Crippen LogP contribution in [0.4, 0.5) is 13.2 Å². The molecule has 2 nitrogen and oxygen atoms in total. The average Bonchev–Trinajstić information content (AvgIpc) is 2.29. The molecule has 0 bridgehead atoms. The van der Waals surface area contributed by atoms with Crippen molar-refractivity contribution in [2.75, 3.05) is 0 Å². The monoisotopic (exact) mass is 297 g/mol. The molecule has 1 aromatic rings. The first kappa shape index (κ1) is 18.2. The Labute approximate surface area is 117 Å². The van der Waals surface area contributed by atoms with Crippen LogP contribution in [0.1, 0.15) is 38.3 Å².